The van der Waals surface area contributed by atoms with Gasteiger partial charge < -0.3 is 10.1 Å². The van der Waals surface area contributed by atoms with Gasteiger partial charge in [-0.25, -0.2) is 13.4 Å². The Kier molecular flexibility index (Phi) is 4.96. The maximum Gasteiger partial charge on any atom is 0.243 e. The molecule has 124 valence electrons. The van der Waals surface area contributed by atoms with E-state index >= 15 is 0 Å². The van der Waals surface area contributed by atoms with E-state index in [-0.39, 0.29) is 0 Å². The maximum atomic E-state index is 12.7. The molecule has 3 rings (SSSR count). The standard InChI is InChI=1S/C15H19N3O3S2/c1-12-2-3-14(23(19,20)18-4-6-21-7-5-18)8-15(12)16-9-13-10-22-11-17-13/h2-3,8,10-11,16H,4-7,9H2,1H3. The molecule has 1 aromatic heterocycles. The number of sulfonamides is 1. The molecule has 2 heterocycles. The molecular formula is C15H19N3O3S2. The number of morpholine rings is 1. The van der Waals surface area contributed by atoms with Gasteiger partial charge in [0, 0.05) is 24.2 Å². The molecule has 0 saturated carbocycles. The summed E-state index contributed by atoms with van der Waals surface area (Å²) < 4.78 is 32.1. The number of ether oxygens (including phenoxy) is 1. The molecule has 23 heavy (non-hydrogen) atoms. The van der Waals surface area contributed by atoms with Crippen LogP contribution < -0.4 is 5.32 Å². The summed E-state index contributed by atoms with van der Waals surface area (Å²) in [7, 11) is -3.47. The Morgan fingerprint density at radius 1 is 1.35 bits per heavy atom. The first-order valence-electron chi connectivity index (χ1n) is 7.37. The molecule has 2 aromatic rings. The minimum Gasteiger partial charge on any atom is -0.379 e. The van der Waals surface area contributed by atoms with Crippen LogP contribution in [0.1, 0.15) is 11.3 Å². The molecule has 6 nitrogen and oxygen atoms in total. The van der Waals surface area contributed by atoms with E-state index in [9.17, 15) is 8.42 Å². The number of aryl methyl sites for hydroxylation is 1. The van der Waals surface area contributed by atoms with E-state index in [0.29, 0.717) is 37.7 Å². The van der Waals surface area contributed by atoms with Crippen molar-refractivity contribution in [1.82, 2.24) is 9.29 Å². The average molecular weight is 353 g/mol. The lowest BCUT2D eigenvalue weighted by atomic mass is 10.2. The lowest BCUT2D eigenvalue weighted by Gasteiger charge is -2.26. The predicted octanol–water partition coefficient (Wildman–Crippen LogP) is 2.08. The zero-order valence-electron chi connectivity index (χ0n) is 12.9. The number of anilines is 1. The number of hydrogen-bond donors (Lipinski definition) is 1. The summed E-state index contributed by atoms with van der Waals surface area (Å²) in [4.78, 5) is 4.53. The van der Waals surface area contributed by atoms with E-state index in [1.807, 2.05) is 18.4 Å². The van der Waals surface area contributed by atoms with Crippen molar-refractivity contribution in [1.29, 1.82) is 0 Å². The van der Waals surface area contributed by atoms with Gasteiger partial charge in [-0.1, -0.05) is 6.07 Å². The van der Waals surface area contributed by atoms with Crippen molar-refractivity contribution in [3.05, 3.63) is 40.3 Å². The molecule has 0 bridgehead atoms. The van der Waals surface area contributed by atoms with Gasteiger partial charge in [0.1, 0.15) is 0 Å². The van der Waals surface area contributed by atoms with Crippen LogP contribution in [0.2, 0.25) is 0 Å². The van der Waals surface area contributed by atoms with Gasteiger partial charge in [-0.05, 0) is 24.6 Å². The largest absolute Gasteiger partial charge is 0.379 e. The number of benzene rings is 1. The third-order valence-corrected chi connectivity index (χ3v) is 6.29. The third-order valence-electron chi connectivity index (χ3n) is 3.76. The predicted molar refractivity (Wildman–Crippen MR) is 90.2 cm³/mol. The highest BCUT2D eigenvalue weighted by Crippen LogP contribution is 2.24. The monoisotopic (exact) mass is 353 g/mol. The van der Waals surface area contributed by atoms with Crippen LogP contribution in [0, 0.1) is 6.92 Å². The number of rotatable bonds is 5. The Balaban J connectivity index is 1.81. The van der Waals surface area contributed by atoms with Crippen LogP contribution in [0.3, 0.4) is 0 Å². The Labute approximate surface area is 140 Å². The molecule has 0 spiro atoms. The minimum absolute atomic E-state index is 0.311. The van der Waals surface area contributed by atoms with E-state index < -0.39 is 10.0 Å². The van der Waals surface area contributed by atoms with Gasteiger partial charge in [-0.15, -0.1) is 11.3 Å². The van der Waals surface area contributed by atoms with E-state index in [4.69, 9.17) is 4.74 Å². The summed E-state index contributed by atoms with van der Waals surface area (Å²) in [6.07, 6.45) is 0. The number of thiazole rings is 1. The van der Waals surface area contributed by atoms with Gasteiger partial charge >= 0.3 is 0 Å². The first kappa shape index (κ1) is 16.4. The Morgan fingerprint density at radius 2 is 2.13 bits per heavy atom. The molecular weight excluding hydrogens is 334 g/mol. The summed E-state index contributed by atoms with van der Waals surface area (Å²) in [5.74, 6) is 0. The normalized spacial score (nSPS) is 16.4. The topological polar surface area (TPSA) is 71.5 Å². The van der Waals surface area contributed by atoms with Crippen LogP contribution in [-0.4, -0.2) is 44.0 Å². The van der Waals surface area contributed by atoms with Crippen LogP contribution in [0.5, 0.6) is 0 Å². The van der Waals surface area contributed by atoms with Gasteiger partial charge in [-0.2, -0.15) is 4.31 Å². The molecule has 1 fully saturated rings. The van der Waals surface area contributed by atoms with Gasteiger partial charge in [0.25, 0.3) is 0 Å². The third kappa shape index (κ3) is 3.72. The molecule has 0 radical (unpaired) electrons. The second kappa shape index (κ2) is 6.96. The van der Waals surface area contributed by atoms with Crippen molar-refractivity contribution in [2.24, 2.45) is 0 Å². The number of aromatic nitrogens is 1. The SMILES string of the molecule is Cc1ccc(S(=O)(=O)N2CCOCC2)cc1NCc1cscn1. The highest BCUT2D eigenvalue weighted by molar-refractivity contribution is 7.89. The van der Waals surface area contributed by atoms with Crippen molar-refractivity contribution in [3.8, 4) is 0 Å². The second-order valence-electron chi connectivity index (χ2n) is 5.33. The van der Waals surface area contributed by atoms with Crippen molar-refractivity contribution >= 4 is 27.0 Å². The second-order valence-corrected chi connectivity index (χ2v) is 7.98. The molecule has 0 atom stereocenters. The van der Waals surface area contributed by atoms with Crippen LogP contribution in [0.4, 0.5) is 5.69 Å². The Hall–Kier alpha value is -1.48. The molecule has 1 aromatic carbocycles. The van der Waals surface area contributed by atoms with E-state index in [0.717, 1.165) is 16.9 Å². The number of hydrogen-bond acceptors (Lipinski definition) is 6. The molecule has 1 N–H and O–H groups in total. The summed E-state index contributed by atoms with van der Waals surface area (Å²) in [5.41, 5.74) is 4.53. The van der Waals surface area contributed by atoms with Crippen LogP contribution >= 0.6 is 11.3 Å². The molecule has 1 saturated heterocycles. The average Bonchev–Trinajstić information content (AvgIpc) is 3.08. The zero-order chi connectivity index (χ0) is 16.3. The quantitative estimate of drug-likeness (QED) is 0.891. The fourth-order valence-corrected chi connectivity index (χ4v) is 4.39. The fraction of sp³-hybridized carbons (Fsp3) is 0.400. The van der Waals surface area contributed by atoms with Gasteiger partial charge in [0.2, 0.25) is 10.0 Å². The van der Waals surface area contributed by atoms with Gasteiger partial charge in [0.05, 0.1) is 35.9 Å². The molecule has 0 unspecified atom stereocenters. The van der Waals surface area contributed by atoms with Gasteiger partial charge in [-0.3, -0.25) is 0 Å². The van der Waals surface area contributed by atoms with Gasteiger partial charge in [0.15, 0.2) is 0 Å². The Morgan fingerprint density at radius 3 is 2.83 bits per heavy atom. The first-order valence-corrected chi connectivity index (χ1v) is 9.75. The molecule has 0 aliphatic carbocycles. The van der Waals surface area contributed by atoms with E-state index in [1.54, 1.807) is 17.6 Å². The summed E-state index contributed by atoms with van der Waals surface area (Å²) in [6.45, 7) is 4.22. The lowest BCUT2D eigenvalue weighted by molar-refractivity contribution is 0.0730. The van der Waals surface area contributed by atoms with Crippen molar-refractivity contribution in [3.63, 3.8) is 0 Å². The minimum atomic E-state index is -3.47. The maximum absolute atomic E-state index is 12.7. The van der Waals surface area contributed by atoms with Crippen LogP contribution in [0.25, 0.3) is 0 Å². The van der Waals surface area contributed by atoms with E-state index in [2.05, 4.69) is 10.3 Å². The summed E-state index contributed by atoms with van der Waals surface area (Å²) in [6, 6.07) is 5.19. The number of nitrogens with one attached hydrogen (secondary N) is 1. The first-order chi connectivity index (χ1) is 11.1. The highest BCUT2D eigenvalue weighted by Gasteiger charge is 2.26. The van der Waals surface area contributed by atoms with Crippen molar-refractivity contribution in [2.75, 3.05) is 31.6 Å². The van der Waals surface area contributed by atoms with Crippen LogP contribution in [0.15, 0.2) is 34.0 Å². The molecule has 1 aliphatic rings. The zero-order valence-corrected chi connectivity index (χ0v) is 14.5. The molecule has 1 aliphatic heterocycles. The fourth-order valence-electron chi connectivity index (χ4n) is 2.40. The molecule has 8 heteroatoms. The summed E-state index contributed by atoms with van der Waals surface area (Å²) in [5, 5.41) is 5.24. The Bertz CT molecular complexity index is 754. The van der Waals surface area contributed by atoms with Crippen molar-refractivity contribution < 1.29 is 13.2 Å². The van der Waals surface area contributed by atoms with Crippen molar-refractivity contribution in [2.45, 2.75) is 18.4 Å². The van der Waals surface area contributed by atoms with Crippen LogP contribution in [-0.2, 0) is 21.3 Å². The molecule has 0 amide bonds. The smallest absolute Gasteiger partial charge is 0.243 e. The number of nitrogens with zero attached hydrogens (tertiary/aromatic N) is 2. The summed E-state index contributed by atoms with van der Waals surface area (Å²) >= 11 is 1.54. The lowest BCUT2D eigenvalue weighted by Crippen LogP contribution is -2.40. The highest BCUT2D eigenvalue weighted by atomic mass is 32.2. The van der Waals surface area contributed by atoms with E-state index in [1.165, 1.54) is 15.6 Å².